The molecular formula is C21H22N2OS. The Balaban J connectivity index is 2.01. The number of nitrogens with zero attached hydrogens (tertiary/aromatic N) is 1. The van der Waals surface area contributed by atoms with Crippen molar-refractivity contribution in [1.29, 1.82) is 0 Å². The molecule has 1 N–H and O–H groups in total. The van der Waals surface area contributed by atoms with Crippen LogP contribution >= 0.6 is 12.2 Å². The second-order valence-corrected chi connectivity index (χ2v) is 6.71. The molecule has 0 radical (unpaired) electrons. The van der Waals surface area contributed by atoms with Crippen molar-refractivity contribution in [1.82, 2.24) is 4.98 Å². The minimum absolute atomic E-state index is 0.724. The van der Waals surface area contributed by atoms with E-state index in [1.54, 1.807) is 7.11 Å². The van der Waals surface area contributed by atoms with Crippen LogP contribution in [0, 0.1) is 18.4 Å². The molecule has 0 aliphatic rings. The predicted molar refractivity (Wildman–Crippen MR) is 108 cm³/mol. The lowest BCUT2D eigenvalue weighted by molar-refractivity contribution is 0.419. The highest BCUT2D eigenvalue weighted by Crippen LogP contribution is 2.27. The molecule has 2 aromatic carbocycles. The van der Waals surface area contributed by atoms with Crippen LogP contribution < -0.4 is 4.74 Å². The fraction of sp³-hybridized carbons (Fsp3) is 0.238. The summed E-state index contributed by atoms with van der Waals surface area (Å²) in [5, 5.41) is 1.01. The fourth-order valence-electron chi connectivity index (χ4n) is 2.96. The number of aromatic amines is 1. The van der Waals surface area contributed by atoms with Gasteiger partial charge in [-0.15, -0.1) is 0 Å². The number of fused-ring (bicyclic) bond motifs is 1. The number of pyridine rings is 1. The maximum absolute atomic E-state index is 5.76. The molecule has 3 aromatic rings. The second kappa shape index (κ2) is 7.19. The van der Waals surface area contributed by atoms with Crippen molar-refractivity contribution in [2.24, 2.45) is 4.99 Å². The van der Waals surface area contributed by atoms with Crippen molar-refractivity contribution in [2.45, 2.75) is 27.2 Å². The SMILES string of the molecule is COc1cccc2c(=S)c(CC(C)=Nc3ccc(C)cc3)c(C)[nH]c12. The van der Waals surface area contributed by atoms with Gasteiger partial charge in [0.1, 0.15) is 5.75 Å². The van der Waals surface area contributed by atoms with Crippen molar-refractivity contribution in [2.75, 3.05) is 7.11 Å². The number of H-pyrrole nitrogens is 1. The monoisotopic (exact) mass is 350 g/mol. The van der Waals surface area contributed by atoms with E-state index in [1.165, 1.54) is 5.56 Å². The second-order valence-electron chi connectivity index (χ2n) is 6.30. The van der Waals surface area contributed by atoms with Gasteiger partial charge < -0.3 is 9.72 Å². The average molecular weight is 350 g/mol. The van der Waals surface area contributed by atoms with Crippen LogP contribution in [-0.4, -0.2) is 17.8 Å². The van der Waals surface area contributed by atoms with E-state index in [9.17, 15) is 0 Å². The molecule has 0 spiro atoms. The zero-order valence-corrected chi connectivity index (χ0v) is 15.8. The number of rotatable bonds is 4. The first-order chi connectivity index (χ1) is 12.0. The number of benzene rings is 2. The largest absolute Gasteiger partial charge is 0.495 e. The highest BCUT2D eigenvalue weighted by molar-refractivity contribution is 7.71. The van der Waals surface area contributed by atoms with Crippen LogP contribution in [0.1, 0.15) is 23.7 Å². The molecule has 0 aliphatic carbocycles. The maximum Gasteiger partial charge on any atom is 0.142 e. The Bertz CT molecular complexity index is 1000. The lowest BCUT2D eigenvalue weighted by Crippen LogP contribution is -2.03. The summed E-state index contributed by atoms with van der Waals surface area (Å²) in [6.07, 6.45) is 0.724. The Kier molecular flexibility index (Phi) is 5.00. The molecule has 0 aliphatic heterocycles. The number of aryl methyl sites for hydroxylation is 2. The molecular weight excluding hydrogens is 328 g/mol. The lowest BCUT2D eigenvalue weighted by Gasteiger charge is -2.12. The quantitative estimate of drug-likeness (QED) is 0.473. The molecule has 1 aromatic heterocycles. The Labute approximate surface area is 153 Å². The van der Waals surface area contributed by atoms with Gasteiger partial charge in [-0.3, -0.25) is 4.99 Å². The minimum atomic E-state index is 0.724. The molecule has 0 amide bonds. The Hall–Kier alpha value is -2.46. The Morgan fingerprint density at radius 1 is 1.12 bits per heavy atom. The maximum atomic E-state index is 5.76. The zero-order chi connectivity index (χ0) is 18.0. The van der Waals surface area contributed by atoms with E-state index < -0.39 is 0 Å². The van der Waals surface area contributed by atoms with Crippen molar-refractivity contribution < 1.29 is 4.74 Å². The van der Waals surface area contributed by atoms with Gasteiger partial charge in [-0.1, -0.05) is 42.0 Å². The number of methoxy groups -OCH3 is 1. The molecule has 0 fully saturated rings. The summed E-state index contributed by atoms with van der Waals surface area (Å²) in [6, 6.07) is 14.2. The van der Waals surface area contributed by atoms with Crippen molar-refractivity contribution >= 4 is 34.5 Å². The van der Waals surface area contributed by atoms with Crippen LogP contribution in [-0.2, 0) is 6.42 Å². The highest BCUT2D eigenvalue weighted by Gasteiger charge is 2.10. The zero-order valence-electron chi connectivity index (χ0n) is 15.0. The van der Waals surface area contributed by atoms with E-state index in [2.05, 4.69) is 31.0 Å². The van der Waals surface area contributed by atoms with Gasteiger partial charge in [-0.2, -0.15) is 0 Å². The van der Waals surface area contributed by atoms with E-state index in [-0.39, 0.29) is 0 Å². The molecule has 3 rings (SSSR count). The van der Waals surface area contributed by atoms with E-state index in [0.29, 0.717) is 0 Å². The van der Waals surface area contributed by atoms with Crippen LogP contribution in [0.4, 0.5) is 5.69 Å². The van der Waals surface area contributed by atoms with Gasteiger partial charge in [-0.25, -0.2) is 0 Å². The number of para-hydroxylation sites is 1. The first-order valence-electron chi connectivity index (χ1n) is 8.29. The van der Waals surface area contributed by atoms with E-state index in [1.807, 2.05) is 37.3 Å². The number of ether oxygens (including phenoxy) is 1. The summed E-state index contributed by atoms with van der Waals surface area (Å²) in [7, 11) is 1.67. The summed E-state index contributed by atoms with van der Waals surface area (Å²) >= 11 is 5.76. The smallest absolute Gasteiger partial charge is 0.142 e. The molecule has 0 saturated heterocycles. The first-order valence-corrected chi connectivity index (χ1v) is 8.69. The summed E-state index contributed by atoms with van der Waals surface area (Å²) < 4.78 is 6.31. The van der Waals surface area contributed by atoms with Gasteiger partial charge >= 0.3 is 0 Å². The van der Waals surface area contributed by atoms with E-state index in [4.69, 9.17) is 21.9 Å². The number of hydrogen-bond donors (Lipinski definition) is 1. The van der Waals surface area contributed by atoms with Crippen molar-refractivity contribution in [3.05, 3.63) is 63.8 Å². The van der Waals surface area contributed by atoms with E-state index in [0.717, 1.165) is 50.2 Å². The van der Waals surface area contributed by atoms with Gasteiger partial charge in [0.2, 0.25) is 0 Å². The summed E-state index contributed by atoms with van der Waals surface area (Å²) in [6.45, 7) is 6.17. The normalized spacial score (nSPS) is 11.8. The van der Waals surface area contributed by atoms with Gasteiger partial charge in [0.05, 0.1) is 22.8 Å². The third kappa shape index (κ3) is 3.64. The molecule has 0 bridgehead atoms. The molecule has 4 heteroatoms. The predicted octanol–water partition coefficient (Wildman–Crippen LogP) is 5.86. The van der Waals surface area contributed by atoms with Gasteiger partial charge in [0, 0.05) is 23.2 Å². The summed E-state index contributed by atoms with van der Waals surface area (Å²) in [4.78, 5) is 8.17. The number of aromatic nitrogens is 1. The molecule has 0 saturated carbocycles. The van der Waals surface area contributed by atoms with Gasteiger partial charge in [-0.05, 0) is 44.5 Å². The summed E-state index contributed by atoms with van der Waals surface area (Å²) in [5.74, 6) is 0.809. The van der Waals surface area contributed by atoms with Crippen LogP contribution in [0.25, 0.3) is 10.9 Å². The van der Waals surface area contributed by atoms with Crippen LogP contribution in [0.3, 0.4) is 0 Å². The van der Waals surface area contributed by atoms with Crippen LogP contribution in [0.2, 0.25) is 0 Å². The number of nitrogens with one attached hydrogen (secondary N) is 1. The summed E-state index contributed by atoms with van der Waals surface area (Å²) in [5.41, 5.74) is 6.36. The molecule has 25 heavy (non-hydrogen) atoms. The fourth-order valence-corrected chi connectivity index (χ4v) is 3.36. The Morgan fingerprint density at radius 3 is 2.52 bits per heavy atom. The molecule has 0 atom stereocenters. The number of aliphatic imine (C=N–C) groups is 1. The third-order valence-electron chi connectivity index (χ3n) is 4.32. The van der Waals surface area contributed by atoms with Crippen LogP contribution in [0.15, 0.2) is 47.5 Å². The lowest BCUT2D eigenvalue weighted by atomic mass is 10.0. The van der Waals surface area contributed by atoms with Crippen molar-refractivity contribution in [3.8, 4) is 5.75 Å². The van der Waals surface area contributed by atoms with Gasteiger partial charge in [0.25, 0.3) is 0 Å². The average Bonchev–Trinajstić information content (AvgIpc) is 2.60. The molecule has 3 nitrogen and oxygen atoms in total. The first kappa shape index (κ1) is 17.4. The minimum Gasteiger partial charge on any atom is -0.495 e. The topological polar surface area (TPSA) is 37.4 Å². The standard InChI is InChI=1S/C21H22N2OS/c1-13-8-10-16(11-9-13)22-14(2)12-18-15(3)23-20-17(21(18)25)6-5-7-19(20)24-4/h5-11H,12H2,1-4H3,(H,23,25). The molecule has 128 valence electrons. The number of hydrogen-bond acceptors (Lipinski definition) is 3. The Morgan fingerprint density at radius 2 is 1.84 bits per heavy atom. The van der Waals surface area contributed by atoms with Gasteiger partial charge in [0.15, 0.2) is 0 Å². The molecule has 1 heterocycles. The highest BCUT2D eigenvalue weighted by atomic mass is 32.1. The molecule has 0 unspecified atom stereocenters. The third-order valence-corrected chi connectivity index (χ3v) is 4.78. The van der Waals surface area contributed by atoms with Crippen LogP contribution in [0.5, 0.6) is 5.75 Å². The van der Waals surface area contributed by atoms with Crippen molar-refractivity contribution in [3.63, 3.8) is 0 Å². The van der Waals surface area contributed by atoms with E-state index >= 15 is 0 Å².